The number of hydrogen-bond acceptors (Lipinski definition) is 3. The maximum atomic E-state index is 12.3. The number of benzene rings is 1. The molecule has 0 saturated carbocycles. The van der Waals surface area contributed by atoms with E-state index in [1.807, 2.05) is 0 Å². The Kier molecular flexibility index (Phi) is 6.36. The van der Waals surface area contributed by atoms with E-state index in [-0.39, 0.29) is 11.9 Å². The van der Waals surface area contributed by atoms with Crippen LogP contribution in [0.2, 0.25) is 15.1 Å². The van der Waals surface area contributed by atoms with Crippen LogP contribution in [0.4, 0.5) is 5.69 Å². The molecule has 1 amide bonds. The van der Waals surface area contributed by atoms with Gasteiger partial charge in [0.25, 0.3) is 0 Å². The molecule has 0 aromatic heterocycles. The van der Waals surface area contributed by atoms with Gasteiger partial charge in [-0.3, -0.25) is 9.69 Å². The SMILES string of the molecule is CC1CCCN(CC(=O)Nc2cc(Cl)c(Cl)cc2Cl)C1CN. The predicted molar refractivity (Wildman–Crippen MR) is 92.9 cm³/mol. The lowest BCUT2D eigenvalue weighted by Gasteiger charge is -2.38. The Morgan fingerprint density at radius 3 is 2.68 bits per heavy atom. The van der Waals surface area contributed by atoms with Crippen molar-refractivity contribution in [1.29, 1.82) is 0 Å². The molecular weight excluding hydrogens is 345 g/mol. The number of piperidine rings is 1. The normalized spacial score (nSPS) is 22.6. The van der Waals surface area contributed by atoms with Crippen LogP contribution in [0.25, 0.3) is 0 Å². The first-order valence-corrected chi connectivity index (χ1v) is 8.44. The molecule has 1 heterocycles. The van der Waals surface area contributed by atoms with Crippen molar-refractivity contribution in [2.45, 2.75) is 25.8 Å². The average Bonchev–Trinajstić information content (AvgIpc) is 2.45. The summed E-state index contributed by atoms with van der Waals surface area (Å²) < 4.78 is 0. The van der Waals surface area contributed by atoms with Gasteiger partial charge in [-0.2, -0.15) is 0 Å². The summed E-state index contributed by atoms with van der Waals surface area (Å²) in [6.07, 6.45) is 2.23. The van der Waals surface area contributed by atoms with Crippen LogP contribution in [0.3, 0.4) is 0 Å². The van der Waals surface area contributed by atoms with Crippen LogP contribution in [0, 0.1) is 5.92 Å². The number of rotatable bonds is 4. The number of carbonyl (C=O) groups is 1. The Morgan fingerprint density at radius 2 is 2.00 bits per heavy atom. The van der Waals surface area contributed by atoms with Gasteiger partial charge < -0.3 is 11.1 Å². The second kappa shape index (κ2) is 7.84. The standard InChI is InChI=1S/C15H20Cl3N3O/c1-9-3-2-4-21(14(9)7-19)8-15(22)20-13-6-11(17)10(16)5-12(13)18/h5-6,9,14H,2-4,7-8,19H2,1H3,(H,20,22). The van der Waals surface area contributed by atoms with Gasteiger partial charge in [-0.15, -0.1) is 0 Å². The molecule has 0 radical (unpaired) electrons. The van der Waals surface area contributed by atoms with Crippen LogP contribution >= 0.6 is 34.8 Å². The summed E-state index contributed by atoms with van der Waals surface area (Å²) in [6, 6.07) is 3.32. The lowest BCUT2D eigenvalue weighted by Crippen LogP contribution is -2.51. The fraction of sp³-hybridized carbons (Fsp3) is 0.533. The largest absolute Gasteiger partial charge is 0.329 e. The smallest absolute Gasteiger partial charge is 0.238 e. The number of nitrogens with two attached hydrogens (primary N) is 1. The van der Waals surface area contributed by atoms with Crippen molar-refractivity contribution in [2.75, 3.05) is 25.0 Å². The molecule has 0 spiro atoms. The fourth-order valence-corrected chi connectivity index (χ4v) is 3.50. The van der Waals surface area contributed by atoms with Gasteiger partial charge in [-0.05, 0) is 37.4 Å². The lowest BCUT2D eigenvalue weighted by atomic mass is 9.91. The Morgan fingerprint density at radius 1 is 1.32 bits per heavy atom. The van der Waals surface area contributed by atoms with E-state index in [2.05, 4.69) is 17.1 Å². The summed E-state index contributed by atoms with van der Waals surface area (Å²) in [7, 11) is 0. The van der Waals surface area contributed by atoms with Crippen LogP contribution in [0.5, 0.6) is 0 Å². The van der Waals surface area contributed by atoms with Crippen LogP contribution in [-0.2, 0) is 4.79 Å². The van der Waals surface area contributed by atoms with Crippen molar-refractivity contribution < 1.29 is 4.79 Å². The molecular formula is C15H20Cl3N3O. The molecule has 1 aromatic rings. The zero-order chi connectivity index (χ0) is 16.3. The first kappa shape index (κ1) is 17.8. The Labute approximate surface area is 145 Å². The minimum absolute atomic E-state index is 0.132. The zero-order valence-corrected chi connectivity index (χ0v) is 14.7. The van der Waals surface area contributed by atoms with Crippen molar-refractivity contribution in [3.05, 3.63) is 27.2 Å². The van der Waals surface area contributed by atoms with Crippen LogP contribution < -0.4 is 11.1 Å². The van der Waals surface area contributed by atoms with Crippen molar-refractivity contribution in [3.63, 3.8) is 0 Å². The predicted octanol–water partition coefficient (Wildman–Crippen LogP) is 3.64. The van der Waals surface area contributed by atoms with Crippen molar-refractivity contribution in [1.82, 2.24) is 4.90 Å². The molecule has 0 aliphatic carbocycles. The zero-order valence-electron chi connectivity index (χ0n) is 12.4. The molecule has 4 nitrogen and oxygen atoms in total. The van der Waals surface area contributed by atoms with Gasteiger partial charge in [0, 0.05) is 12.6 Å². The van der Waals surface area contributed by atoms with Gasteiger partial charge >= 0.3 is 0 Å². The van der Waals surface area contributed by atoms with E-state index < -0.39 is 0 Å². The average molecular weight is 365 g/mol. The summed E-state index contributed by atoms with van der Waals surface area (Å²) in [5.74, 6) is 0.368. The van der Waals surface area contributed by atoms with E-state index in [9.17, 15) is 4.79 Å². The highest BCUT2D eigenvalue weighted by molar-refractivity contribution is 6.44. The van der Waals surface area contributed by atoms with Gasteiger partial charge in [0.1, 0.15) is 0 Å². The summed E-state index contributed by atoms with van der Waals surface area (Å²) in [5, 5.41) is 3.87. The molecule has 1 aromatic carbocycles. The molecule has 7 heteroatoms. The Hall–Kier alpha value is -0.520. The molecule has 1 saturated heterocycles. The van der Waals surface area contributed by atoms with Gasteiger partial charge in [0.2, 0.25) is 5.91 Å². The highest BCUT2D eigenvalue weighted by atomic mass is 35.5. The molecule has 22 heavy (non-hydrogen) atoms. The summed E-state index contributed by atoms with van der Waals surface area (Å²) in [6.45, 7) is 3.91. The molecule has 1 fully saturated rings. The third-order valence-corrected chi connectivity index (χ3v) is 5.14. The number of hydrogen-bond donors (Lipinski definition) is 2. The van der Waals surface area contributed by atoms with Crippen LogP contribution in [0.1, 0.15) is 19.8 Å². The second-order valence-electron chi connectivity index (χ2n) is 5.69. The second-order valence-corrected chi connectivity index (χ2v) is 6.91. The van der Waals surface area contributed by atoms with Crippen LogP contribution in [-0.4, -0.2) is 36.5 Å². The topological polar surface area (TPSA) is 58.4 Å². The van der Waals surface area contributed by atoms with Crippen LogP contribution in [0.15, 0.2) is 12.1 Å². The first-order chi connectivity index (χ1) is 10.4. The van der Waals surface area contributed by atoms with E-state index in [0.717, 1.165) is 19.4 Å². The summed E-state index contributed by atoms with van der Waals surface area (Å²) in [5.41, 5.74) is 6.31. The minimum Gasteiger partial charge on any atom is -0.329 e. The van der Waals surface area contributed by atoms with Gasteiger partial charge in [-0.1, -0.05) is 41.7 Å². The number of halogens is 3. The third kappa shape index (κ3) is 4.27. The maximum absolute atomic E-state index is 12.3. The highest BCUT2D eigenvalue weighted by Crippen LogP contribution is 2.32. The van der Waals surface area contributed by atoms with E-state index in [1.165, 1.54) is 6.07 Å². The quantitative estimate of drug-likeness (QED) is 0.802. The highest BCUT2D eigenvalue weighted by Gasteiger charge is 2.28. The van der Waals surface area contributed by atoms with Gasteiger partial charge in [0.05, 0.1) is 27.3 Å². The Balaban J connectivity index is 2.02. The number of anilines is 1. The summed E-state index contributed by atoms with van der Waals surface area (Å²) in [4.78, 5) is 14.4. The molecule has 2 unspecified atom stereocenters. The number of likely N-dealkylation sites (tertiary alicyclic amines) is 1. The fourth-order valence-electron chi connectivity index (χ4n) is 2.90. The van der Waals surface area contributed by atoms with E-state index in [0.29, 0.717) is 39.8 Å². The van der Waals surface area contributed by atoms with Gasteiger partial charge in [0.15, 0.2) is 0 Å². The molecule has 3 N–H and O–H groups in total. The summed E-state index contributed by atoms with van der Waals surface area (Å²) >= 11 is 17.9. The maximum Gasteiger partial charge on any atom is 0.238 e. The molecule has 1 aliphatic rings. The van der Waals surface area contributed by atoms with Gasteiger partial charge in [-0.25, -0.2) is 0 Å². The molecule has 122 valence electrons. The number of nitrogens with zero attached hydrogens (tertiary/aromatic N) is 1. The minimum atomic E-state index is -0.132. The molecule has 2 atom stereocenters. The number of nitrogens with one attached hydrogen (secondary N) is 1. The monoisotopic (exact) mass is 363 g/mol. The number of carbonyl (C=O) groups excluding carboxylic acids is 1. The first-order valence-electron chi connectivity index (χ1n) is 7.31. The van der Waals surface area contributed by atoms with Crippen molar-refractivity contribution >= 4 is 46.4 Å². The molecule has 1 aliphatic heterocycles. The van der Waals surface area contributed by atoms with E-state index in [1.54, 1.807) is 6.07 Å². The van der Waals surface area contributed by atoms with E-state index in [4.69, 9.17) is 40.5 Å². The Bertz CT molecular complexity index is 553. The van der Waals surface area contributed by atoms with Crippen molar-refractivity contribution in [3.8, 4) is 0 Å². The van der Waals surface area contributed by atoms with Crippen molar-refractivity contribution in [2.24, 2.45) is 11.7 Å². The molecule has 0 bridgehead atoms. The molecule has 2 rings (SSSR count). The van der Waals surface area contributed by atoms with E-state index >= 15 is 0 Å². The lowest BCUT2D eigenvalue weighted by molar-refractivity contribution is -0.118. The number of amides is 1. The third-order valence-electron chi connectivity index (χ3n) is 4.10.